The van der Waals surface area contributed by atoms with Crippen molar-refractivity contribution >= 4 is 34.5 Å². The van der Waals surface area contributed by atoms with Crippen molar-refractivity contribution in [2.75, 3.05) is 5.88 Å². The number of rotatable bonds is 4. The molecule has 0 aliphatic rings. The molecule has 0 saturated heterocycles. The number of hydrogen-bond donors (Lipinski definition) is 2. The summed E-state index contributed by atoms with van der Waals surface area (Å²) in [5.41, 5.74) is 0. The molecule has 1 aromatic heterocycles. The molecular weight excluding hydrogens is 231 g/mol. The molecular formula is C8H10Cl2O2S. The zero-order chi connectivity index (χ0) is 9.84. The van der Waals surface area contributed by atoms with Gasteiger partial charge in [-0.15, -0.1) is 22.9 Å². The van der Waals surface area contributed by atoms with E-state index in [2.05, 4.69) is 0 Å². The van der Waals surface area contributed by atoms with Crippen LogP contribution in [0.25, 0.3) is 0 Å². The molecule has 1 rings (SSSR count). The fourth-order valence-electron chi connectivity index (χ4n) is 0.947. The van der Waals surface area contributed by atoms with E-state index in [1.165, 1.54) is 11.3 Å². The van der Waals surface area contributed by atoms with Crippen molar-refractivity contribution in [3.63, 3.8) is 0 Å². The molecule has 2 atom stereocenters. The summed E-state index contributed by atoms with van der Waals surface area (Å²) in [6.07, 6.45) is -1.32. The smallest absolute Gasteiger partial charge is 0.114 e. The average Bonchev–Trinajstić information content (AvgIpc) is 2.51. The van der Waals surface area contributed by atoms with Gasteiger partial charge in [-0.25, -0.2) is 0 Å². The lowest BCUT2D eigenvalue weighted by molar-refractivity contribution is 0.0191. The minimum atomic E-state index is -0.878. The maximum atomic E-state index is 9.58. The van der Waals surface area contributed by atoms with Crippen LogP contribution in [-0.2, 0) is 0 Å². The van der Waals surface area contributed by atoms with Crippen LogP contribution in [0.2, 0.25) is 4.34 Å². The summed E-state index contributed by atoms with van der Waals surface area (Å²) in [6.45, 7) is 0. The SMILES string of the molecule is OC(CCCl)C(O)c1ccc(Cl)s1. The van der Waals surface area contributed by atoms with Gasteiger partial charge in [0.1, 0.15) is 6.10 Å². The van der Waals surface area contributed by atoms with E-state index in [0.29, 0.717) is 21.5 Å². The highest BCUT2D eigenvalue weighted by molar-refractivity contribution is 7.16. The zero-order valence-electron chi connectivity index (χ0n) is 6.78. The highest BCUT2D eigenvalue weighted by atomic mass is 35.5. The molecule has 13 heavy (non-hydrogen) atoms. The first-order valence-corrected chi connectivity index (χ1v) is 5.55. The molecule has 5 heteroatoms. The van der Waals surface area contributed by atoms with E-state index in [-0.39, 0.29) is 0 Å². The number of thiophene rings is 1. The second kappa shape index (κ2) is 5.17. The molecule has 0 bridgehead atoms. The highest BCUT2D eigenvalue weighted by Gasteiger charge is 2.19. The molecule has 0 amide bonds. The Morgan fingerprint density at radius 3 is 2.54 bits per heavy atom. The van der Waals surface area contributed by atoms with Gasteiger partial charge in [-0.05, 0) is 18.6 Å². The van der Waals surface area contributed by atoms with Gasteiger partial charge in [-0.3, -0.25) is 0 Å². The summed E-state index contributed by atoms with van der Waals surface area (Å²) in [5, 5.41) is 19.0. The van der Waals surface area contributed by atoms with Crippen molar-refractivity contribution in [1.29, 1.82) is 0 Å². The van der Waals surface area contributed by atoms with Gasteiger partial charge in [0, 0.05) is 10.8 Å². The summed E-state index contributed by atoms with van der Waals surface area (Å²) in [5.74, 6) is 0.331. The van der Waals surface area contributed by atoms with Gasteiger partial charge in [-0.2, -0.15) is 0 Å². The lowest BCUT2D eigenvalue weighted by Crippen LogP contribution is -2.17. The van der Waals surface area contributed by atoms with Crippen LogP contribution in [0.5, 0.6) is 0 Å². The van der Waals surface area contributed by atoms with E-state index in [4.69, 9.17) is 23.2 Å². The van der Waals surface area contributed by atoms with Crippen LogP contribution in [0.1, 0.15) is 17.4 Å². The Balaban J connectivity index is 2.61. The molecule has 1 heterocycles. The molecule has 2 nitrogen and oxygen atoms in total. The van der Waals surface area contributed by atoms with E-state index >= 15 is 0 Å². The van der Waals surface area contributed by atoms with Crippen molar-refractivity contribution < 1.29 is 10.2 Å². The van der Waals surface area contributed by atoms with Crippen LogP contribution < -0.4 is 0 Å². The number of halogens is 2. The third kappa shape index (κ3) is 3.11. The first-order valence-electron chi connectivity index (χ1n) is 3.82. The molecule has 0 radical (unpaired) electrons. The molecule has 1 aromatic rings. The first kappa shape index (κ1) is 11.3. The van der Waals surface area contributed by atoms with E-state index in [0.717, 1.165) is 0 Å². The van der Waals surface area contributed by atoms with Gasteiger partial charge in [0.25, 0.3) is 0 Å². The molecule has 0 aliphatic carbocycles. The molecule has 74 valence electrons. The summed E-state index contributed by atoms with van der Waals surface area (Å²) in [4.78, 5) is 0.669. The zero-order valence-corrected chi connectivity index (χ0v) is 9.11. The minimum absolute atomic E-state index is 0.331. The Kier molecular flexibility index (Phi) is 4.49. The van der Waals surface area contributed by atoms with Crippen LogP contribution in [0, 0.1) is 0 Å². The van der Waals surface area contributed by atoms with Crippen LogP contribution in [-0.4, -0.2) is 22.2 Å². The number of aliphatic hydroxyl groups is 2. The second-order valence-electron chi connectivity index (χ2n) is 2.63. The fraction of sp³-hybridized carbons (Fsp3) is 0.500. The van der Waals surface area contributed by atoms with Gasteiger partial charge >= 0.3 is 0 Å². The highest BCUT2D eigenvalue weighted by Crippen LogP contribution is 2.29. The number of alkyl halides is 1. The number of aliphatic hydroxyl groups excluding tert-OH is 2. The average molecular weight is 241 g/mol. The summed E-state index contributed by atoms with van der Waals surface area (Å²) < 4.78 is 0.604. The third-order valence-electron chi connectivity index (χ3n) is 1.65. The quantitative estimate of drug-likeness (QED) is 0.795. The molecule has 0 fully saturated rings. The summed E-state index contributed by atoms with van der Waals surface area (Å²) in [7, 11) is 0. The van der Waals surface area contributed by atoms with Crippen molar-refractivity contribution in [2.24, 2.45) is 0 Å². The topological polar surface area (TPSA) is 40.5 Å². The number of hydrogen-bond acceptors (Lipinski definition) is 3. The first-order chi connectivity index (χ1) is 6.15. The van der Waals surface area contributed by atoms with Gasteiger partial charge in [0.05, 0.1) is 10.4 Å². The van der Waals surface area contributed by atoms with Gasteiger partial charge in [0.2, 0.25) is 0 Å². The Morgan fingerprint density at radius 1 is 1.38 bits per heavy atom. The van der Waals surface area contributed by atoms with Crippen LogP contribution in [0.3, 0.4) is 0 Å². The molecule has 0 spiro atoms. The maximum Gasteiger partial charge on any atom is 0.114 e. The van der Waals surface area contributed by atoms with Crippen LogP contribution in [0.15, 0.2) is 12.1 Å². The van der Waals surface area contributed by atoms with E-state index in [1.54, 1.807) is 12.1 Å². The standard InChI is InChI=1S/C8H10Cl2O2S/c9-4-3-5(11)8(12)6-1-2-7(10)13-6/h1-2,5,8,11-12H,3-4H2. The Labute approximate surface area is 90.7 Å². The fourth-order valence-corrected chi connectivity index (χ4v) is 2.28. The predicted molar refractivity (Wildman–Crippen MR) is 55.6 cm³/mol. The normalized spacial score (nSPS) is 15.7. The van der Waals surface area contributed by atoms with Gasteiger partial charge in [0.15, 0.2) is 0 Å². The van der Waals surface area contributed by atoms with E-state index in [1.807, 2.05) is 0 Å². The van der Waals surface area contributed by atoms with Gasteiger partial charge < -0.3 is 10.2 Å². The Hall–Kier alpha value is 0.200. The lowest BCUT2D eigenvalue weighted by atomic mass is 10.1. The maximum absolute atomic E-state index is 9.58. The van der Waals surface area contributed by atoms with Crippen molar-refractivity contribution in [3.05, 3.63) is 21.3 Å². The van der Waals surface area contributed by atoms with Crippen molar-refractivity contribution in [3.8, 4) is 0 Å². The second-order valence-corrected chi connectivity index (χ2v) is 4.76. The van der Waals surface area contributed by atoms with Crippen LogP contribution in [0.4, 0.5) is 0 Å². The monoisotopic (exact) mass is 240 g/mol. The predicted octanol–water partition coefficient (Wildman–Crippen LogP) is 2.42. The van der Waals surface area contributed by atoms with Crippen LogP contribution >= 0.6 is 34.5 Å². The van der Waals surface area contributed by atoms with E-state index in [9.17, 15) is 10.2 Å². The van der Waals surface area contributed by atoms with Crippen molar-refractivity contribution in [2.45, 2.75) is 18.6 Å². The summed E-state index contributed by atoms with van der Waals surface area (Å²) >= 11 is 12.4. The minimum Gasteiger partial charge on any atom is -0.390 e. The Morgan fingerprint density at radius 2 is 2.08 bits per heavy atom. The van der Waals surface area contributed by atoms with E-state index < -0.39 is 12.2 Å². The molecule has 2 N–H and O–H groups in total. The molecule has 0 aliphatic heterocycles. The van der Waals surface area contributed by atoms with Crippen molar-refractivity contribution in [1.82, 2.24) is 0 Å². The third-order valence-corrected chi connectivity index (χ3v) is 3.17. The molecule has 0 aromatic carbocycles. The molecule has 2 unspecified atom stereocenters. The lowest BCUT2D eigenvalue weighted by Gasteiger charge is -2.14. The largest absolute Gasteiger partial charge is 0.390 e. The summed E-state index contributed by atoms with van der Waals surface area (Å²) in [6, 6.07) is 3.40. The van der Waals surface area contributed by atoms with Gasteiger partial charge in [-0.1, -0.05) is 11.6 Å². The molecule has 0 saturated carbocycles. The Bertz CT molecular complexity index is 264.